The van der Waals surface area contributed by atoms with Crippen LogP contribution in [0.5, 0.6) is 0 Å². The Morgan fingerprint density at radius 1 is 1.52 bits per heavy atom. The van der Waals surface area contributed by atoms with Gasteiger partial charge in [0.2, 0.25) is 0 Å². The predicted octanol–water partition coefficient (Wildman–Crippen LogP) is 2.49. The second-order valence-electron chi connectivity index (χ2n) is 6.90. The molecule has 0 aromatic carbocycles. The lowest BCUT2D eigenvalue weighted by atomic mass is 9.96. The number of rotatable bonds is 4. The van der Waals surface area contributed by atoms with Crippen LogP contribution in [0.15, 0.2) is 4.60 Å². The number of aryl methyl sites for hydroxylation is 1. The zero-order valence-electron chi connectivity index (χ0n) is 14.5. The zero-order valence-corrected chi connectivity index (χ0v) is 16.1. The Balaban J connectivity index is 2.10. The Kier molecular flexibility index (Phi) is 5.67. The van der Waals surface area contributed by atoms with Crippen LogP contribution in [0.4, 0.5) is 4.79 Å². The number of nitrogens with zero attached hydrogens (tertiary/aromatic N) is 4. The maximum absolute atomic E-state index is 12.3. The number of nitrogens with one attached hydrogen (secondary N) is 1. The van der Waals surface area contributed by atoms with E-state index in [4.69, 9.17) is 4.74 Å². The molecule has 1 N–H and O–H groups in total. The number of hydrogen-bond acceptors (Lipinski definition) is 5. The van der Waals surface area contributed by atoms with E-state index >= 15 is 0 Å². The van der Waals surface area contributed by atoms with Crippen molar-refractivity contribution in [1.29, 1.82) is 0 Å². The Hall–Kier alpha value is -1.15. The summed E-state index contributed by atoms with van der Waals surface area (Å²) in [5.41, 5.74) is 0.550. The number of carbonyl (C=O) groups excluding carboxylic acids is 1. The van der Waals surface area contributed by atoms with Crippen molar-refractivity contribution in [2.45, 2.75) is 45.8 Å². The molecule has 1 aromatic rings. The van der Waals surface area contributed by atoms with Gasteiger partial charge in [-0.25, -0.2) is 9.48 Å². The fraction of sp³-hybridized carbons (Fsp3) is 0.800. The van der Waals surface area contributed by atoms with Gasteiger partial charge in [-0.1, -0.05) is 12.1 Å². The molecule has 1 fully saturated rings. The van der Waals surface area contributed by atoms with Crippen LogP contribution >= 0.6 is 15.9 Å². The van der Waals surface area contributed by atoms with Crippen molar-refractivity contribution < 1.29 is 9.53 Å². The van der Waals surface area contributed by atoms with Gasteiger partial charge in [0, 0.05) is 20.1 Å². The van der Waals surface area contributed by atoms with E-state index in [2.05, 4.69) is 38.5 Å². The molecule has 130 valence electrons. The molecule has 0 spiro atoms. The van der Waals surface area contributed by atoms with E-state index in [0.29, 0.717) is 19.0 Å². The summed E-state index contributed by atoms with van der Waals surface area (Å²) in [6, 6.07) is 0.0989. The largest absolute Gasteiger partial charge is 0.444 e. The standard InChI is InChI=1S/C15H26BrN5O2/c1-6-17-11(12-13(16)18-19-20(12)5)10-7-8-21(9-10)14(22)23-15(2,3)4/h10-11,17H,6-9H2,1-5H3. The summed E-state index contributed by atoms with van der Waals surface area (Å²) in [5, 5.41) is 11.7. The van der Waals surface area contributed by atoms with Gasteiger partial charge in [-0.15, -0.1) is 5.10 Å². The highest BCUT2D eigenvalue weighted by molar-refractivity contribution is 9.10. The van der Waals surface area contributed by atoms with Crippen LogP contribution in [-0.2, 0) is 11.8 Å². The molecule has 1 saturated heterocycles. The van der Waals surface area contributed by atoms with Crippen molar-refractivity contribution in [2.24, 2.45) is 13.0 Å². The highest BCUT2D eigenvalue weighted by Gasteiger charge is 2.36. The van der Waals surface area contributed by atoms with Crippen molar-refractivity contribution in [3.05, 3.63) is 10.3 Å². The Labute approximate surface area is 145 Å². The molecule has 2 unspecified atom stereocenters. The molecule has 7 nitrogen and oxygen atoms in total. The first kappa shape index (κ1) is 18.2. The minimum absolute atomic E-state index is 0.0989. The number of amides is 1. The fourth-order valence-corrected chi connectivity index (χ4v) is 3.50. The van der Waals surface area contributed by atoms with E-state index in [1.807, 2.05) is 27.8 Å². The molecule has 2 heterocycles. The number of ether oxygens (including phenoxy) is 1. The number of carbonyl (C=O) groups is 1. The lowest BCUT2D eigenvalue weighted by Gasteiger charge is -2.26. The lowest BCUT2D eigenvalue weighted by Crippen LogP contribution is -2.37. The van der Waals surface area contributed by atoms with Crippen LogP contribution in [0.2, 0.25) is 0 Å². The summed E-state index contributed by atoms with van der Waals surface area (Å²) in [7, 11) is 1.89. The van der Waals surface area contributed by atoms with Crippen LogP contribution in [-0.4, -0.2) is 51.2 Å². The van der Waals surface area contributed by atoms with Gasteiger partial charge in [0.15, 0.2) is 4.60 Å². The Morgan fingerprint density at radius 2 is 2.22 bits per heavy atom. The molecule has 2 atom stereocenters. The fourth-order valence-electron chi connectivity index (χ4n) is 2.93. The predicted molar refractivity (Wildman–Crippen MR) is 91.0 cm³/mol. The van der Waals surface area contributed by atoms with E-state index < -0.39 is 5.60 Å². The van der Waals surface area contributed by atoms with Crippen molar-refractivity contribution in [3.8, 4) is 0 Å². The summed E-state index contributed by atoms with van der Waals surface area (Å²) in [4.78, 5) is 14.0. The summed E-state index contributed by atoms with van der Waals surface area (Å²) in [5.74, 6) is 0.302. The van der Waals surface area contributed by atoms with Gasteiger partial charge in [-0.05, 0) is 55.6 Å². The second-order valence-corrected chi connectivity index (χ2v) is 7.65. The highest BCUT2D eigenvalue weighted by atomic mass is 79.9. The molecule has 0 bridgehead atoms. The maximum Gasteiger partial charge on any atom is 0.410 e. The van der Waals surface area contributed by atoms with Gasteiger partial charge in [0.1, 0.15) is 5.60 Å². The van der Waals surface area contributed by atoms with Crippen molar-refractivity contribution in [1.82, 2.24) is 25.2 Å². The smallest absolute Gasteiger partial charge is 0.410 e. The Bertz CT molecular complexity index is 535. The molecule has 1 amide bonds. The van der Waals surface area contributed by atoms with Gasteiger partial charge in [0.25, 0.3) is 0 Å². The van der Waals surface area contributed by atoms with E-state index in [0.717, 1.165) is 23.3 Å². The minimum atomic E-state index is -0.467. The SMILES string of the molecule is CCNC(c1c(Br)nnn1C)C1CCN(C(=O)OC(C)(C)C)C1. The highest BCUT2D eigenvalue weighted by Crippen LogP contribution is 2.33. The van der Waals surface area contributed by atoms with E-state index in [1.54, 1.807) is 9.58 Å². The van der Waals surface area contributed by atoms with Gasteiger partial charge in [-0.2, -0.15) is 0 Å². The molecule has 8 heteroatoms. The number of aromatic nitrogens is 3. The lowest BCUT2D eigenvalue weighted by molar-refractivity contribution is 0.0285. The molecule has 0 saturated carbocycles. The first-order valence-electron chi connectivity index (χ1n) is 7.99. The average Bonchev–Trinajstić information content (AvgIpc) is 3.03. The quantitative estimate of drug-likeness (QED) is 0.858. The van der Waals surface area contributed by atoms with E-state index in [1.165, 1.54) is 0 Å². The number of halogens is 1. The number of likely N-dealkylation sites (tertiary alicyclic amines) is 1. The van der Waals surface area contributed by atoms with Gasteiger partial charge >= 0.3 is 6.09 Å². The van der Waals surface area contributed by atoms with Crippen LogP contribution in [0.1, 0.15) is 45.9 Å². The Morgan fingerprint density at radius 3 is 2.74 bits per heavy atom. The molecular formula is C15H26BrN5O2. The molecule has 1 aliphatic rings. The van der Waals surface area contributed by atoms with E-state index in [-0.39, 0.29) is 12.1 Å². The summed E-state index contributed by atoms with van der Waals surface area (Å²) < 4.78 is 8.01. The van der Waals surface area contributed by atoms with Gasteiger partial charge < -0.3 is 15.0 Å². The molecule has 2 rings (SSSR count). The van der Waals surface area contributed by atoms with E-state index in [9.17, 15) is 4.79 Å². The van der Waals surface area contributed by atoms with Gasteiger partial charge in [0.05, 0.1) is 11.7 Å². The van der Waals surface area contributed by atoms with Gasteiger partial charge in [-0.3, -0.25) is 0 Å². The minimum Gasteiger partial charge on any atom is -0.444 e. The second kappa shape index (κ2) is 7.17. The molecular weight excluding hydrogens is 362 g/mol. The topological polar surface area (TPSA) is 72.3 Å². The summed E-state index contributed by atoms with van der Waals surface area (Å²) >= 11 is 3.48. The van der Waals surface area contributed by atoms with Crippen LogP contribution in [0.3, 0.4) is 0 Å². The van der Waals surface area contributed by atoms with Crippen molar-refractivity contribution >= 4 is 22.0 Å². The zero-order chi connectivity index (χ0) is 17.2. The summed E-state index contributed by atoms with van der Waals surface area (Å²) in [6.45, 7) is 9.96. The first-order valence-corrected chi connectivity index (χ1v) is 8.78. The maximum atomic E-state index is 12.3. The third kappa shape index (κ3) is 4.44. The third-order valence-corrected chi connectivity index (χ3v) is 4.46. The summed E-state index contributed by atoms with van der Waals surface area (Å²) in [6.07, 6.45) is 0.687. The molecule has 0 aliphatic carbocycles. The van der Waals surface area contributed by atoms with Crippen LogP contribution in [0, 0.1) is 5.92 Å². The van der Waals surface area contributed by atoms with Crippen LogP contribution in [0.25, 0.3) is 0 Å². The molecule has 0 radical (unpaired) electrons. The molecule has 1 aromatic heterocycles. The van der Waals surface area contributed by atoms with Crippen LogP contribution < -0.4 is 5.32 Å². The third-order valence-electron chi connectivity index (χ3n) is 3.89. The number of hydrogen-bond donors (Lipinski definition) is 1. The van der Waals surface area contributed by atoms with Crippen molar-refractivity contribution in [2.75, 3.05) is 19.6 Å². The monoisotopic (exact) mass is 387 g/mol. The normalized spacial score (nSPS) is 19.9. The molecule has 23 heavy (non-hydrogen) atoms. The first-order chi connectivity index (χ1) is 10.7. The van der Waals surface area contributed by atoms with Crippen molar-refractivity contribution in [3.63, 3.8) is 0 Å². The average molecular weight is 388 g/mol. The molecule has 1 aliphatic heterocycles.